The van der Waals surface area contributed by atoms with Crippen molar-refractivity contribution < 1.29 is 25.1 Å². The molecule has 10 heteroatoms. The Bertz CT molecular complexity index is 844. The van der Waals surface area contributed by atoms with Crippen molar-refractivity contribution in [3.8, 4) is 5.75 Å². The summed E-state index contributed by atoms with van der Waals surface area (Å²) >= 11 is 0. The van der Waals surface area contributed by atoms with Crippen LogP contribution in [-0.4, -0.2) is 62.1 Å². The number of anilines is 1. The maximum absolute atomic E-state index is 11.9. The molecule has 6 N–H and O–H groups in total. The number of piperidine rings is 1. The van der Waals surface area contributed by atoms with E-state index in [0.717, 1.165) is 4.90 Å². The molecule has 1 aliphatic heterocycles. The molecule has 1 saturated heterocycles. The number of rotatable bonds is 4. The van der Waals surface area contributed by atoms with Crippen LogP contribution in [0.1, 0.15) is 19.8 Å². The van der Waals surface area contributed by atoms with Gasteiger partial charge in [0.15, 0.2) is 17.4 Å². The highest BCUT2D eigenvalue weighted by molar-refractivity contribution is 5.91. The number of aliphatic hydroxyl groups is 2. The van der Waals surface area contributed by atoms with Gasteiger partial charge in [0.25, 0.3) is 5.91 Å². The van der Waals surface area contributed by atoms with Gasteiger partial charge in [0.2, 0.25) is 12.2 Å². The molecule has 3 rings (SSSR count). The van der Waals surface area contributed by atoms with Crippen molar-refractivity contribution in [3.05, 3.63) is 16.7 Å². The van der Waals surface area contributed by atoms with E-state index in [1.54, 1.807) is 7.05 Å². The number of likely N-dealkylation sites (tertiary alicyclic amines) is 1. The van der Waals surface area contributed by atoms with Crippen LogP contribution in [0.25, 0.3) is 11.0 Å². The highest BCUT2D eigenvalue weighted by Gasteiger charge is 2.52. The number of carbonyl (C=O) groups excluding carboxylic acids is 1. The average Bonchev–Trinajstić information content (AvgIpc) is 2.93. The fourth-order valence-corrected chi connectivity index (χ4v) is 3.72. The van der Waals surface area contributed by atoms with E-state index in [4.69, 9.17) is 0 Å². The Labute approximate surface area is 142 Å². The number of H-pyrrole nitrogens is 3. The lowest BCUT2D eigenvalue weighted by molar-refractivity contribution is -0.389. The molecule has 2 aromatic rings. The minimum absolute atomic E-state index is 0.0954. The smallest absolute Gasteiger partial charge is 0.440 e. The summed E-state index contributed by atoms with van der Waals surface area (Å²) in [6, 6.07) is -0.896. The standard InChI is InChI=1S/C15H21N5O5/c1-3-8-4-5-20(7-21)15(24,25)11(8)19(2)13-10-9(22)6-16-12(10)17-14(23)18-13/h6-8,11,22,24-25H,3-5H2,1-2H3,(H2,16,17,18,23)/p+1. The van der Waals surface area contributed by atoms with E-state index in [0.29, 0.717) is 30.3 Å². The number of aromatic amines is 3. The molecule has 2 atom stereocenters. The lowest BCUT2D eigenvalue weighted by Crippen LogP contribution is -2.68. The number of nitrogens with zero attached hydrogens (tertiary/aromatic N) is 2. The molecule has 0 aromatic carbocycles. The number of aromatic nitrogens is 3. The summed E-state index contributed by atoms with van der Waals surface area (Å²) < 4.78 is 0. The van der Waals surface area contributed by atoms with Gasteiger partial charge in [0.05, 0.1) is 7.05 Å². The maximum Gasteiger partial charge on any atom is 0.440 e. The molecular formula is C15H22N5O5+. The van der Waals surface area contributed by atoms with Crippen molar-refractivity contribution in [1.82, 2.24) is 14.9 Å². The van der Waals surface area contributed by atoms with E-state index < -0.39 is 17.6 Å². The lowest BCUT2D eigenvalue weighted by Gasteiger charge is -2.47. The molecule has 1 amide bonds. The Hall–Kier alpha value is -2.59. The summed E-state index contributed by atoms with van der Waals surface area (Å²) in [7, 11) is 1.58. The zero-order chi connectivity index (χ0) is 18.4. The van der Waals surface area contributed by atoms with Crippen LogP contribution in [0, 0.1) is 5.92 Å². The van der Waals surface area contributed by atoms with Crippen LogP contribution in [0.5, 0.6) is 5.75 Å². The number of hydrogen-bond donors (Lipinski definition) is 5. The molecular weight excluding hydrogens is 330 g/mol. The lowest BCUT2D eigenvalue weighted by atomic mass is 9.85. The van der Waals surface area contributed by atoms with Crippen LogP contribution >= 0.6 is 0 Å². The number of aromatic hydroxyl groups is 1. The van der Waals surface area contributed by atoms with Gasteiger partial charge in [0, 0.05) is 18.7 Å². The second-order valence-electron chi connectivity index (χ2n) is 6.35. The number of amides is 1. The topological polar surface area (TPSA) is 147 Å². The van der Waals surface area contributed by atoms with Crippen LogP contribution in [0.3, 0.4) is 0 Å². The van der Waals surface area contributed by atoms with Gasteiger partial charge in [-0.2, -0.15) is 0 Å². The normalized spacial score (nSPS) is 23.0. The monoisotopic (exact) mass is 352 g/mol. The van der Waals surface area contributed by atoms with Crippen LogP contribution < -0.4 is 15.6 Å². The fraction of sp³-hybridized carbons (Fsp3) is 0.533. The quantitative estimate of drug-likeness (QED) is 0.342. The minimum Gasteiger partial charge on any atom is -0.505 e. The van der Waals surface area contributed by atoms with Crippen LogP contribution in [0.4, 0.5) is 5.82 Å². The van der Waals surface area contributed by atoms with Crippen LogP contribution in [0.15, 0.2) is 11.0 Å². The first-order chi connectivity index (χ1) is 11.8. The Balaban J connectivity index is 2.15. The maximum atomic E-state index is 11.9. The Morgan fingerprint density at radius 2 is 2.24 bits per heavy atom. The van der Waals surface area contributed by atoms with Crippen molar-refractivity contribution in [2.75, 3.05) is 18.5 Å². The SMILES string of the molecule is CCC1CCN(C=O)C(O)(O)C1N(C)c1[nH+]c(=O)[nH]c2[nH]cc(O)c12. The number of fused-ring (bicyclic) bond motifs is 1. The van der Waals surface area contributed by atoms with Crippen LogP contribution in [0.2, 0.25) is 0 Å². The van der Waals surface area contributed by atoms with Gasteiger partial charge in [0.1, 0.15) is 5.39 Å². The highest BCUT2D eigenvalue weighted by atomic mass is 16.5. The predicted octanol–water partition coefficient (Wildman–Crippen LogP) is -1.29. The van der Waals surface area contributed by atoms with E-state index in [2.05, 4.69) is 15.0 Å². The van der Waals surface area contributed by atoms with Gasteiger partial charge in [-0.1, -0.05) is 6.92 Å². The molecule has 1 aliphatic rings. The average molecular weight is 352 g/mol. The van der Waals surface area contributed by atoms with Crippen molar-refractivity contribution >= 4 is 23.3 Å². The summed E-state index contributed by atoms with van der Waals surface area (Å²) in [5, 5.41) is 31.7. The molecule has 3 heterocycles. The first-order valence-corrected chi connectivity index (χ1v) is 8.06. The molecule has 1 fully saturated rings. The second-order valence-corrected chi connectivity index (χ2v) is 6.35. The molecule has 136 valence electrons. The summed E-state index contributed by atoms with van der Waals surface area (Å²) in [5.41, 5.74) is -0.213. The third-order valence-corrected chi connectivity index (χ3v) is 5.00. The molecule has 0 saturated carbocycles. The number of likely N-dealkylation sites (N-methyl/N-ethyl adjacent to an activating group) is 1. The molecule has 0 bridgehead atoms. The summed E-state index contributed by atoms with van der Waals surface area (Å²) in [5.74, 6) is -2.42. The summed E-state index contributed by atoms with van der Waals surface area (Å²) in [6.45, 7) is 2.15. The molecule has 2 unspecified atom stereocenters. The van der Waals surface area contributed by atoms with Gasteiger partial charge < -0.3 is 20.3 Å². The highest BCUT2D eigenvalue weighted by Crippen LogP contribution is 2.37. The predicted molar refractivity (Wildman–Crippen MR) is 87.7 cm³/mol. The molecule has 0 spiro atoms. The Morgan fingerprint density at radius 1 is 1.52 bits per heavy atom. The fourth-order valence-electron chi connectivity index (χ4n) is 3.72. The number of hydrogen-bond acceptors (Lipinski definition) is 6. The van der Waals surface area contributed by atoms with Crippen molar-refractivity contribution in [2.45, 2.75) is 31.7 Å². The third kappa shape index (κ3) is 2.63. The zero-order valence-corrected chi connectivity index (χ0v) is 14.0. The first-order valence-electron chi connectivity index (χ1n) is 8.06. The molecule has 10 nitrogen and oxygen atoms in total. The van der Waals surface area contributed by atoms with Gasteiger partial charge in [-0.3, -0.25) is 14.6 Å². The Morgan fingerprint density at radius 3 is 2.88 bits per heavy atom. The van der Waals surface area contributed by atoms with Gasteiger partial charge >= 0.3 is 5.69 Å². The first kappa shape index (κ1) is 17.2. The number of carbonyl (C=O) groups is 1. The molecule has 0 aliphatic carbocycles. The van der Waals surface area contributed by atoms with E-state index in [1.807, 2.05) is 6.92 Å². The van der Waals surface area contributed by atoms with E-state index in [-0.39, 0.29) is 24.0 Å². The van der Waals surface area contributed by atoms with Gasteiger partial charge in [-0.05, 0) is 12.8 Å². The second kappa shape index (κ2) is 6.05. The summed E-state index contributed by atoms with van der Waals surface area (Å²) in [4.78, 5) is 33.4. The third-order valence-electron chi connectivity index (χ3n) is 5.00. The van der Waals surface area contributed by atoms with E-state index in [9.17, 15) is 24.9 Å². The van der Waals surface area contributed by atoms with Crippen LogP contribution in [-0.2, 0) is 4.79 Å². The zero-order valence-electron chi connectivity index (χ0n) is 14.0. The van der Waals surface area contributed by atoms with Crippen molar-refractivity contribution in [1.29, 1.82) is 0 Å². The largest absolute Gasteiger partial charge is 0.505 e. The van der Waals surface area contributed by atoms with Crippen molar-refractivity contribution in [3.63, 3.8) is 0 Å². The summed E-state index contributed by atoms with van der Waals surface area (Å²) in [6.07, 6.45) is 2.96. The molecule has 0 radical (unpaired) electrons. The molecule has 2 aromatic heterocycles. The van der Waals surface area contributed by atoms with Crippen molar-refractivity contribution in [2.24, 2.45) is 5.92 Å². The van der Waals surface area contributed by atoms with Gasteiger partial charge in [-0.25, -0.2) is 14.8 Å². The number of nitrogens with one attached hydrogen (secondary N) is 3. The van der Waals surface area contributed by atoms with Gasteiger partial charge in [-0.15, -0.1) is 0 Å². The van der Waals surface area contributed by atoms with E-state index in [1.165, 1.54) is 11.1 Å². The van der Waals surface area contributed by atoms with E-state index >= 15 is 0 Å². The molecule has 25 heavy (non-hydrogen) atoms. The minimum atomic E-state index is -2.41. The Kier molecular flexibility index (Phi) is 4.17.